The first-order valence-corrected chi connectivity index (χ1v) is 5.02. The highest BCUT2D eigenvalue weighted by Gasteiger charge is 1.98. The molecule has 1 heterocycles. The molecule has 4 heteroatoms. The lowest BCUT2D eigenvalue weighted by atomic mass is 10.3. The molecule has 1 rings (SSSR count). The van der Waals surface area contributed by atoms with Crippen LogP contribution in [-0.4, -0.2) is 17.6 Å². The summed E-state index contributed by atoms with van der Waals surface area (Å²) in [6.45, 7) is 1.90. The summed E-state index contributed by atoms with van der Waals surface area (Å²) in [5, 5.41) is 13.1. The zero-order chi connectivity index (χ0) is 10.4. The molecule has 3 nitrogen and oxygen atoms in total. The summed E-state index contributed by atoms with van der Waals surface area (Å²) in [5.74, 6) is 5.33. The number of aliphatic hydroxyl groups excluding tert-OH is 1. The lowest BCUT2D eigenvalue weighted by molar-refractivity contribution is -0.119. The minimum Gasteiger partial charge on any atom is -0.384 e. The van der Waals surface area contributed by atoms with Crippen molar-refractivity contribution in [3.63, 3.8) is 0 Å². The summed E-state index contributed by atoms with van der Waals surface area (Å²) in [6.07, 6.45) is 0. The largest absolute Gasteiger partial charge is 0.384 e. The molecule has 14 heavy (non-hydrogen) atoms. The van der Waals surface area contributed by atoms with Crippen LogP contribution < -0.4 is 5.32 Å². The molecule has 0 saturated carbocycles. The highest BCUT2D eigenvalue weighted by molar-refractivity contribution is 7.10. The molecular weight excluding hydrogens is 198 g/mol. The number of amides is 1. The Bertz CT molecular complexity index is 373. The first kappa shape index (κ1) is 10.8. The highest BCUT2D eigenvalue weighted by Crippen LogP contribution is 2.13. The first-order valence-electron chi connectivity index (χ1n) is 4.14. The van der Waals surface area contributed by atoms with Gasteiger partial charge in [-0.2, -0.15) is 0 Å². The van der Waals surface area contributed by atoms with E-state index in [4.69, 9.17) is 5.11 Å². The standard InChI is InChI=1S/C10H11NO2S/c1-8(13)11-6-10-5-9(7-14-10)3-2-4-12/h5,7,12H,4,6H2,1H3,(H,11,13). The third-order valence-corrected chi connectivity index (χ3v) is 2.41. The van der Waals surface area contributed by atoms with Crippen molar-refractivity contribution in [2.75, 3.05) is 6.61 Å². The fraction of sp³-hybridized carbons (Fsp3) is 0.300. The van der Waals surface area contributed by atoms with E-state index in [1.54, 1.807) is 11.3 Å². The Labute approximate surface area is 86.8 Å². The third kappa shape index (κ3) is 3.60. The van der Waals surface area contributed by atoms with Crippen molar-refractivity contribution in [1.29, 1.82) is 0 Å². The number of thiophene rings is 1. The number of carbonyl (C=O) groups excluding carboxylic acids is 1. The fourth-order valence-corrected chi connectivity index (χ4v) is 1.65. The van der Waals surface area contributed by atoms with E-state index in [1.807, 2.05) is 11.4 Å². The minimum atomic E-state index is -0.128. The topological polar surface area (TPSA) is 49.3 Å². The van der Waals surface area contributed by atoms with Crippen LogP contribution in [0.4, 0.5) is 0 Å². The van der Waals surface area contributed by atoms with Crippen LogP contribution in [0.1, 0.15) is 17.4 Å². The van der Waals surface area contributed by atoms with Crippen molar-refractivity contribution >= 4 is 17.2 Å². The molecule has 2 N–H and O–H groups in total. The summed E-state index contributed by atoms with van der Waals surface area (Å²) in [4.78, 5) is 11.7. The van der Waals surface area contributed by atoms with Crippen molar-refractivity contribution < 1.29 is 9.90 Å². The smallest absolute Gasteiger partial charge is 0.217 e. The van der Waals surface area contributed by atoms with Gasteiger partial charge in [-0.05, 0) is 6.07 Å². The quantitative estimate of drug-likeness (QED) is 0.705. The van der Waals surface area contributed by atoms with Crippen molar-refractivity contribution in [2.24, 2.45) is 0 Å². The van der Waals surface area contributed by atoms with E-state index in [1.165, 1.54) is 6.92 Å². The number of aliphatic hydroxyl groups is 1. The fourth-order valence-electron chi connectivity index (χ4n) is 0.892. The lowest BCUT2D eigenvalue weighted by Crippen LogP contribution is -2.18. The molecule has 0 aliphatic heterocycles. The second kappa shape index (κ2) is 5.43. The summed E-state index contributed by atoms with van der Waals surface area (Å²) in [7, 11) is 0. The first-order chi connectivity index (χ1) is 6.72. The molecule has 1 amide bonds. The van der Waals surface area contributed by atoms with Crippen LogP contribution in [0.2, 0.25) is 0 Å². The Kier molecular flexibility index (Phi) is 4.17. The van der Waals surface area contributed by atoms with Gasteiger partial charge < -0.3 is 10.4 Å². The molecule has 0 fully saturated rings. The van der Waals surface area contributed by atoms with Gasteiger partial charge in [0, 0.05) is 22.7 Å². The van der Waals surface area contributed by atoms with Gasteiger partial charge in [0.15, 0.2) is 0 Å². The molecule has 74 valence electrons. The van der Waals surface area contributed by atoms with E-state index in [9.17, 15) is 4.79 Å². The molecule has 0 radical (unpaired) electrons. The molecule has 0 spiro atoms. The van der Waals surface area contributed by atoms with E-state index < -0.39 is 0 Å². The van der Waals surface area contributed by atoms with Crippen LogP contribution in [-0.2, 0) is 11.3 Å². The average Bonchev–Trinajstić information content (AvgIpc) is 2.59. The summed E-state index contributed by atoms with van der Waals surface area (Å²) in [5.41, 5.74) is 0.879. The number of nitrogens with one attached hydrogen (secondary N) is 1. The zero-order valence-corrected chi connectivity index (χ0v) is 8.65. The van der Waals surface area contributed by atoms with Gasteiger partial charge in [-0.25, -0.2) is 0 Å². The summed E-state index contributed by atoms with van der Waals surface area (Å²) < 4.78 is 0. The normalized spacial score (nSPS) is 9.00. The van der Waals surface area contributed by atoms with E-state index in [0.29, 0.717) is 6.54 Å². The van der Waals surface area contributed by atoms with Gasteiger partial charge in [0.05, 0.1) is 6.54 Å². The summed E-state index contributed by atoms with van der Waals surface area (Å²) in [6, 6.07) is 1.91. The highest BCUT2D eigenvalue weighted by atomic mass is 32.1. The third-order valence-electron chi connectivity index (χ3n) is 1.48. The molecule has 0 aliphatic rings. The zero-order valence-electron chi connectivity index (χ0n) is 7.83. The molecule has 1 aromatic rings. The number of hydrogen-bond acceptors (Lipinski definition) is 3. The molecule has 0 unspecified atom stereocenters. The van der Waals surface area contributed by atoms with Gasteiger partial charge in [-0.1, -0.05) is 11.8 Å². The molecule has 0 aliphatic carbocycles. The van der Waals surface area contributed by atoms with E-state index in [0.717, 1.165) is 10.4 Å². The molecule has 1 aromatic heterocycles. The SMILES string of the molecule is CC(=O)NCc1cc(C#CCO)cs1. The Morgan fingerprint density at radius 1 is 1.71 bits per heavy atom. The van der Waals surface area contributed by atoms with Crippen LogP contribution >= 0.6 is 11.3 Å². The maximum absolute atomic E-state index is 10.6. The van der Waals surface area contributed by atoms with Crippen LogP contribution in [0, 0.1) is 11.8 Å². The Balaban J connectivity index is 2.55. The monoisotopic (exact) mass is 209 g/mol. The number of carbonyl (C=O) groups is 1. The predicted molar refractivity (Wildman–Crippen MR) is 55.8 cm³/mol. The van der Waals surface area contributed by atoms with Crippen molar-refractivity contribution in [2.45, 2.75) is 13.5 Å². The molecular formula is C10H11NO2S. The Morgan fingerprint density at radius 3 is 3.14 bits per heavy atom. The number of rotatable bonds is 2. The van der Waals surface area contributed by atoms with Crippen molar-refractivity contribution in [3.8, 4) is 11.8 Å². The van der Waals surface area contributed by atoms with Gasteiger partial charge in [-0.3, -0.25) is 4.79 Å². The Hall–Kier alpha value is -1.31. The van der Waals surface area contributed by atoms with Gasteiger partial charge in [0.25, 0.3) is 0 Å². The van der Waals surface area contributed by atoms with Gasteiger partial charge in [0.2, 0.25) is 5.91 Å². The Morgan fingerprint density at radius 2 is 2.50 bits per heavy atom. The van der Waals surface area contributed by atoms with E-state index in [-0.39, 0.29) is 12.5 Å². The second-order valence-corrected chi connectivity index (χ2v) is 3.67. The molecule has 0 atom stereocenters. The van der Waals surface area contributed by atoms with Crippen LogP contribution in [0.3, 0.4) is 0 Å². The van der Waals surface area contributed by atoms with Crippen molar-refractivity contribution in [1.82, 2.24) is 5.32 Å². The number of hydrogen-bond donors (Lipinski definition) is 2. The lowest BCUT2D eigenvalue weighted by Gasteiger charge is -1.96. The maximum atomic E-state index is 10.6. The van der Waals surface area contributed by atoms with Gasteiger partial charge >= 0.3 is 0 Å². The second-order valence-electron chi connectivity index (χ2n) is 2.67. The van der Waals surface area contributed by atoms with Crippen LogP contribution in [0.5, 0.6) is 0 Å². The summed E-state index contributed by atoms with van der Waals surface area (Å²) >= 11 is 1.54. The minimum absolute atomic E-state index is 0.0404. The predicted octanol–water partition coefficient (Wildman–Crippen LogP) is 0.728. The van der Waals surface area contributed by atoms with Crippen LogP contribution in [0.15, 0.2) is 11.4 Å². The van der Waals surface area contributed by atoms with E-state index in [2.05, 4.69) is 17.2 Å². The molecule has 0 bridgehead atoms. The van der Waals surface area contributed by atoms with Gasteiger partial charge in [0.1, 0.15) is 6.61 Å². The molecule has 0 aromatic carbocycles. The van der Waals surface area contributed by atoms with E-state index >= 15 is 0 Å². The van der Waals surface area contributed by atoms with Crippen LogP contribution in [0.25, 0.3) is 0 Å². The maximum Gasteiger partial charge on any atom is 0.217 e. The van der Waals surface area contributed by atoms with Gasteiger partial charge in [-0.15, -0.1) is 11.3 Å². The molecule has 0 saturated heterocycles. The average molecular weight is 209 g/mol. The van der Waals surface area contributed by atoms with Crippen molar-refractivity contribution in [3.05, 3.63) is 21.9 Å².